The minimum Gasteiger partial charge on any atom is -0.398 e. The molecule has 0 unspecified atom stereocenters. The second kappa shape index (κ2) is 3.88. The molecular formula is C13H17N3S. The van der Waals surface area contributed by atoms with Gasteiger partial charge in [0, 0.05) is 18.8 Å². The second-order valence-electron chi connectivity index (χ2n) is 4.75. The monoisotopic (exact) mass is 247 g/mol. The van der Waals surface area contributed by atoms with Crippen molar-refractivity contribution in [3.05, 3.63) is 17.2 Å². The molecule has 0 aliphatic carbocycles. The number of rotatable bonds is 1. The fourth-order valence-corrected chi connectivity index (χ4v) is 3.50. The Bertz CT molecular complexity index is 568. The molecule has 3 nitrogen and oxygen atoms in total. The summed E-state index contributed by atoms with van der Waals surface area (Å²) in [6.45, 7) is 6.47. The van der Waals surface area contributed by atoms with Crippen molar-refractivity contribution >= 4 is 32.4 Å². The number of benzene rings is 1. The zero-order valence-corrected chi connectivity index (χ0v) is 11.1. The average Bonchev–Trinajstić information content (AvgIpc) is 2.93. The summed E-state index contributed by atoms with van der Waals surface area (Å²) < 4.78 is 1.22. The van der Waals surface area contributed by atoms with E-state index in [-0.39, 0.29) is 0 Å². The molecule has 0 radical (unpaired) electrons. The van der Waals surface area contributed by atoms with Crippen molar-refractivity contribution in [1.82, 2.24) is 4.98 Å². The number of anilines is 2. The van der Waals surface area contributed by atoms with Gasteiger partial charge in [-0.15, -0.1) is 0 Å². The summed E-state index contributed by atoms with van der Waals surface area (Å²) in [6.07, 6.45) is 2.58. The Balaban J connectivity index is 2.15. The first kappa shape index (κ1) is 10.8. The summed E-state index contributed by atoms with van der Waals surface area (Å²) in [5.74, 6) is 0. The van der Waals surface area contributed by atoms with Crippen molar-refractivity contribution < 1.29 is 0 Å². The van der Waals surface area contributed by atoms with E-state index in [1.165, 1.54) is 23.1 Å². The fourth-order valence-electron chi connectivity index (χ4n) is 2.37. The highest BCUT2D eigenvalue weighted by molar-refractivity contribution is 7.22. The lowest BCUT2D eigenvalue weighted by Crippen LogP contribution is -2.16. The third-order valence-electron chi connectivity index (χ3n) is 3.66. The third kappa shape index (κ3) is 1.67. The Kier molecular flexibility index (Phi) is 2.47. The Hall–Kier alpha value is -1.29. The molecule has 2 N–H and O–H groups in total. The molecule has 1 fully saturated rings. The van der Waals surface area contributed by atoms with Crippen LogP contribution in [0.2, 0.25) is 0 Å². The molecule has 0 atom stereocenters. The van der Waals surface area contributed by atoms with Gasteiger partial charge < -0.3 is 10.6 Å². The van der Waals surface area contributed by atoms with Gasteiger partial charge in [0.1, 0.15) is 0 Å². The molecular weight excluding hydrogens is 230 g/mol. The number of aryl methyl sites for hydroxylation is 1. The largest absolute Gasteiger partial charge is 0.398 e. The lowest BCUT2D eigenvalue weighted by atomic mass is 10.1. The molecule has 0 bridgehead atoms. The Labute approximate surface area is 105 Å². The number of nitrogens with zero attached hydrogens (tertiary/aromatic N) is 2. The van der Waals surface area contributed by atoms with E-state index in [2.05, 4.69) is 24.8 Å². The SMILES string of the molecule is Cc1c(N)cc2sc(N3CCCC3)nc2c1C. The summed E-state index contributed by atoms with van der Waals surface area (Å²) >= 11 is 1.77. The van der Waals surface area contributed by atoms with Gasteiger partial charge in [-0.2, -0.15) is 0 Å². The molecule has 3 rings (SSSR count). The number of thiazole rings is 1. The lowest BCUT2D eigenvalue weighted by Gasteiger charge is -2.11. The summed E-state index contributed by atoms with van der Waals surface area (Å²) in [5, 5.41) is 1.16. The van der Waals surface area contributed by atoms with Gasteiger partial charge in [-0.1, -0.05) is 11.3 Å². The van der Waals surface area contributed by atoms with Crippen LogP contribution in [-0.4, -0.2) is 18.1 Å². The van der Waals surface area contributed by atoms with Gasteiger partial charge in [0.15, 0.2) is 5.13 Å². The molecule has 0 amide bonds. The van der Waals surface area contributed by atoms with Crippen molar-refractivity contribution in [3.63, 3.8) is 0 Å². The summed E-state index contributed by atoms with van der Waals surface area (Å²) in [5.41, 5.74) is 10.4. The average molecular weight is 247 g/mol. The van der Waals surface area contributed by atoms with Crippen molar-refractivity contribution in [2.24, 2.45) is 0 Å². The topological polar surface area (TPSA) is 42.1 Å². The quantitative estimate of drug-likeness (QED) is 0.787. The first-order valence-electron chi connectivity index (χ1n) is 6.08. The van der Waals surface area contributed by atoms with Gasteiger partial charge in [-0.25, -0.2) is 4.98 Å². The highest BCUT2D eigenvalue weighted by atomic mass is 32.1. The first-order chi connectivity index (χ1) is 8.16. The van der Waals surface area contributed by atoms with Gasteiger partial charge in [-0.3, -0.25) is 0 Å². The van der Waals surface area contributed by atoms with Crippen LogP contribution in [0, 0.1) is 13.8 Å². The molecule has 0 saturated carbocycles. The predicted octanol–water partition coefficient (Wildman–Crippen LogP) is 3.10. The van der Waals surface area contributed by atoms with Gasteiger partial charge in [0.2, 0.25) is 0 Å². The number of aromatic nitrogens is 1. The number of nitrogens with two attached hydrogens (primary N) is 1. The van der Waals surface area contributed by atoms with Crippen molar-refractivity contribution in [2.45, 2.75) is 26.7 Å². The smallest absolute Gasteiger partial charge is 0.186 e. The van der Waals surface area contributed by atoms with E-state index in [9.17, 15) is 0 Å². The minimum absolute atomic E-state index is 0.881. The molecule has 1 saturated heterocycles. The molecule has 1 aliphatic heterocycles. The Morgan fingerprint density at radius 1 is 1.24 bits per heavy atom. The summed E-state index contributed by atoms with van der Waals surface area (Å²) in [4.78, 5) is 7.17. The molecule has 17 heavy (non-hydrogen) atoms. The molecule has 90 valence electrons. The zero-order chi connectivity index (χ0) is 12.0. The highest BCUT2D eigenvalue weighted by Gasteiger charge is 2.17. The van der Waals surface area contributed by atoms with Crippen LogP contribution >= 0.6 is 11.3 Å². The maximum absolute atomic E-state index is 6.01. The molecule has 1 aromatic carbocycles. The molecule has 2 heterocycles. The van der Waals surface area contributed by atoms with Crippen molar-refractivity contribution in [1.29, 1.82) is 0 Å². The molecule has 0 spiro atoms. The summed E-state index contributed by atoms with van der Waals surface area (Å²) in [7, 11) is 0. The van der Waals surface area contributed by atoms with Crippen LogP contribution in [0.25, 0.3) is 10.2 Å². The van der Waals surface area contributed by atoms with Crippen LogP contribution in [0.4, 0.5) is 10.8 Å². The van der Waals surface area contributed by atoms with E-state index in [4.69, 9.17) is 10.7 Å². The van der Waals surface area contributed by atoms with Crippen LogP contribution in [0.15, 0.2) is 6.07 Å². The minimum atomic E-state index is 0.881. The van der Waals surface area contributed by atoms with Crippen LogP contribution in [0.5, 0.6) is 0 Å². The molecule has 1 aliphatic rings. The van der Waals surface area contributed by atoms with Gasteiger partial charge in [0.05, 0.1) is 10.2 Å². The van der Waals surface area contributed by atoms with E-state index in [1.807, 2.05) is 0 Å². The van der Waals surface area contributed by atoms with Crippen LogP contribution in [0.3, 0.4) is 0 Å². The van der Waals surface area contributed by atoms with Gasteiger partial charge in [0.25, 0.3) is 0 Å². The number of hydrogen-bond acceptors (Lipinski definition) is 4. The first-order valence-corrected chi connectivity index (χ1v) is 6.89. The Morgan fingerprint density at radius 3 is 2.65 bits per heavy atom. The van der Waals surface area contributed by atoms with E-state index in [0.29, 0.717) is 0 Å². The standard InChI is InChI=1S/C13H17N3S/c1-8-9(2)12-11(7-10(8)14)17-13(15-12)16-5-3-4-6-16/h7H,3-6,14H2,1-2H3. The van der Waals surface area contributed by atoms with E-state index in [0.717, 1.165) is 35.0 Å². The van der Waals surface area contributed by atoms with E-state index >= 15 is 0 Å². The fraction of sp³-hybridized carbons (Fsp3) is 0.462. The number of nitrogen functional groups attached to an aromatic ring is 1. The van der Waals surface area contributed by atoms with Gasteiger partial charge in [-0.05, 0) is 43.9 Å². The maximum Gasteiger partial charge on any atom is 0.186 e. The van der Waals surface area contributed by atoms with Crippen molar-refractivity contribution in [3.8, 4) is 0 Å². The molecule has 2 aromatic rings. The zero-order valence-electron chi connectivity index (χ0n) is 10.3. The highest BCUT2D eigenvalue weighted by Crippen LogP contribution is 2.35. The second-order valence-corrected chi connectivity index (χ2v) is 5.76. The normalized spacial score (nSPS) is 16.0. The Morgan fingerprint density at radius 2 is 1.94 bits per heavy atom. The van der Waals surface area contributed by atoms with Crippen LogP contribution in [-0.2, 0) is 0 Å². The van der Waals surface area contributed by atoms with Gasteiger partial charge >= 0.3 is 0 Å². The third-order valence-corrected chi connectivity index (χ3v) is 4.72. The maximum atomic E-state index is 6.01. The van der Waals surface area contributed by atoms with E-state index in [1.54, 1.807) is 11.3 Å². The predicted molar refractivity (Wildman–Crippen MR) is 75.0 cm³/mol. The number of fused-ring (bicyclic) bond motifs is 1. The van der Waals surface area contributed by atoms with E-state index < -0.39 is 0 Å². The van der Waals surface area contributed by atoms with Crippen LogP contribution in [0.1, 0.15) is 24.0 Å². The molecule has 1 aromatic heterocycles. The number of hydrogen-bond donors (Lipinski definition) is 1. The lowest BCUT2D eigenvalue weighted by molar-refractivity contribution is 0.949. The van der Waals surface area contributed by atoms with Crippen LogP contribution < -0.4 is 10.6 Å². The summed E-state index contributed by atoms with van der Waals surface area (Å²) in [6, 6.07) is 2.06. The van der Waals surface area contributed by atoms with Crippen molar-refractivity contribution in [2.75, 3.05) is 23.7 Å². The molecule has 4 heteroatoms.